The van der Waals surface area contributed by atoms with Crippen LogP contribution in [0.25, 0.3) is 26.2 Å². The summed E-state index contributed by atoms with van der Waals surface area (Å²) in [5.41, 5.74) is 1.76. The van der Waals surface area contributed by atoms with Crippen LogP contribution in [0.4, 0.5) is 0 Å². The third kappa shape index (κ3) is 1.97. The Morgan fingerprint density at radius 1 is 1.14 bits per heavy atom. The number of aryl methyl sites for hydroxylation is 1. The van der Waals surface area contributed by atoms with Gasteiger partial charge in [0.25, 0.3) is 0 Å². The van der Waals surface area contributed by atoms with E-state index in [0.717, 1.165) is 31.9 Å². The van der Waals surface area contributed by atoms with Crippen molar-refractivity contribution in [2.24, 2.45) is 0 Å². The minimum atomic E-state index is 0.667. The lowest BCUT2D eigenvalue weighted by atomic mass is 10.2. The van der Waals surface area contributed by atoms with Gasteiger partial charge in [-0.1, -0.05) is 28.0 Å². The summed E-state index contributed by atoms with van der Waals surface area (Å²) in [5.74, 6) is 1.45. The lowest BCUT2D eigenvalue weighted by Crippen LogP contribution is -1.92. The molecule has 0 aliphatic rings. The van der Waals surface area contributed by atoms with Crippen LogP contribution in [0.5, 0.6) is 5.75 Å². The minimum absolute atomic E-state index is 0.667. The van der Waals surface area contributed by atoms with E-state index in [1.807, 2.05) is 31.2 Å². The van der Waals surface area contributed by atoms with Crippen molar-refractivity contribution in [2.45, 2.75) is 6.92 Å². The van der Waals surface area contributed by atoms with Crippen LogP contribution in [0, 0.1) is 6.92 Å². The molecule has 4 aromatic rings. The van der Waals surface area contributed by atoms with Crippen molar-refractivity contribution in [1.82, 2.24) is 29.4 Å². The van der Waals surface area contributed by atoms with Crippen LogP contribution in [0.3, 0.4) is 0 Å². The van der Waals surface area contributed by atoms with Gasteiger partial charge >= 0.3 is 0 Å². The Hall–Kier alpha value is -2.39. The zero-order chi connectivity index (χ0) is 15.1. The van der Waals surface area contributed by atoms with Crippen LogP contribution >= 0.6 is 22.9 Å². The Morgan fingerprint density at radius 3 is 2.77 bits per heavy atom. The molecule has 3 aromatic heterocycles. The molecule has 0 N–H and O–H groups in total. The molecule has 0 fully saturated rings. The molecule has 0 bridgehead atoms. The summed E-state index contributed by atoms with van der Waals surface area (Å²) < 4.78 is 11.1. The molecule has 0 amide bonds. The molecule has 4 rings (SSSR count). The predicted octanol–water partition coefficient (Wildman–Crippen LogP) is 2.69. The molecule has 0 aliphatic heterocycles. The van der Waals surface area contributed by atoms with Crippen LogP contribution in [-0.2, 0) is 0 Å². The third-order valence-electron chi connectivity index (χ3n) is 3.18. The van der Waals surface area contributed by atoms with Gasteiger partial charge in [0.1, 0.15) is 10.6 Å². The van der Waals surface area contributed by atoms with Gasteiger partial charge in [-0.3, -0.25) is 0 Å². The van der Waals surface area contributed by atoms with Crippen LogP contribution in [-0.4, -0.2) is 36.5 Å². The number of ether oxygens (including phenoxy) is 1. The SMILES string of the molecule is COc1ccccc1-c1nn2c(-c3snnc3C)nnc2s1. The van der Waals surface area contributed by atoms with Gasteiger partial charge < -0.3 is 4.74 Å². The Labute approximate surface area is 133 Å². The fraction of sp³-hybridized carbons (Fsp3) is 0.154. The summed E-state index contributed by atoms with van der Waals surface area (Å²) in [6, 6.07) is 7.78. The van der Waals surface area contributed by atoms with Crippen LogP contribution < -0.4 is 4.74 Å². The molecule has 0 saturated heterocycles. The number of fused-ring (bicyclic) bond motifs is 1. The number of methoxy groups -OCH3 is 1. The minimum Gasteiger partial charge on any atom is -0.496 e. The number of rotatable bonds is 3. The molecule has 7 nitrogen and oxygen atoms in total. The van der Waals surface area contributed by atoms with Crippen LogP contribution in [0.15, 0.2) is 24.3 Å². The molecule has 0 unspecified atom stereocenters. The molecule has 3 heterocycles. The van der Waals surface area contributed by atoms with E-state index in [9.17, 15) is 0 Å². The molecule has 0 spiro atoms. The summed E-state index contributed by atoms with van der Waals surface area (Å²) in [6.07, 6.45) is 0. The van der Waals surface area contributed by atoms with E-state index in [4.69, 9.17) is 4.74 Å². The summed E-state index contributed by atoms with van der Waals surface area (Å²) >= 11 is 2.76. The maximum Gasteiger partial charge on any atom is 0.235 e. The van der Waals surface area contributed by atoms with E-state index >= 15 is 0 Å². The number of hydrogen-bond acceptors (Lipinski definition) is 8. The molecule has 1 aromatic carbocycles. The first-order valence-corrected chi connectivity index (χ1v) is 8.02. The summed E-state index contributed by atoms with van der Waals surface area (Å²) in [6.45, 7) is 1.90. The van der Waals surface area contributed by atoms with Crippen molar-refractivity contribution in [3.8, 4) is 27.0 Å². The Morgan fingerprint density at radius 2 is 2.00 bits per heavy atom. The topological polar surface area (TPSA) is 78.1 Å². The Kier molecular flexibility index (Phi) is 3.09. The highest BCUT2D eigenvalue weighted by Crippen LogP contribution is 2.34. The van der Waals surface area contributed by atoms with Gasteiger partial charge in [0, 0.05) is 0 Å². The van der Waals surface area contributed by atoms with Gasteiger partial charge in [-0.05, 0) is 30.6 Å². The van der Waals surface area contributed by atoms with Gasteiger partial charge in [-0.15, -0.1) is 15.3 Å². The summed E-state index contributed by atoms with van der Waals surface area (Å²) in [5, 5.41) is 17.9. The monoisotopic (exact) mass is 330 g/mol. The largest absolute Gasteiger partial charge is 0.496 e. The van der Waals surface area contributed by atoms with E-state index < -0.39 is 0 Å². The van der Waals surface area contributed by atoms with Gasteiger partial charge in [-0.25, -0.2) is 0 Å². The van der Waals surface area contributed by atoms with Crippen molar-refractivity contribution in [3.05, 3.63) is 30.0 Å². The molecule has 0 saturated carbocycles. The third-order valence-corrected chi connectivity index (χ3v) is 4.94. The van der Waals surface area contributed by atoms with Gasteiger partial charge in [0.15, 0.2) is 10.8 Å². The van der Waals surface area contributed by atoms with Crippen molar-refractivity contribution < 1.29 is 4.74 Å². The van der Waals surface area contributed by atoms with Gasteiger partial charge in [-0.2, -0.15) is 9.61 Å². The fourth-order valence-corrected chi connectivity index (χ4v) is 3.62. The first-order valence-electron chi connectivity index (χ1n) is 6.43. The standard InChI is InChI=1S/C13H10N6OS2/c1-7-10(22-18-14-7)11-15-16-13-19(11)17-12(21-13)8-5-3-4-6-9(8)20-2/h3-6H,1-2H3. The second-order valence-corrected chi connectivity index (χ2v) is 6.22. The molecular formula is C13H10N6OS2. The zero-order valence-corrected chi connectivity index (χ0v) is 13.4. The smallest absolute Gasteiger partial charge is 0.235 e. The number of hydrogen-bond donors (Lipinski definition) is 0. The maximum absolute atomic E-state index is 5.40. The highest BCUT2D eigenvalue weighted by Gasteiger charge is 2.19. The quantitative estimate of drug-likeness (QED) is 0.575. The lowest BCUT2D eigenvalue weighted by molar-refractivity contribution is 0.416. The van der Waals surface area contributed by atoms with Crippen LogP contribution in [0.1, 0.15) is 5.69 Å². The first-order chi connectivity index (χ1) is 10.8. The summed E-state index contributed by atoms with van der Waals surface area (Å²) in [4.78, 5) is 1.60. The van der Waals surface area contributed by atoms with E-state index in [1.54, 1.807) is 11.6 Å². The Balaban J connectivity index is 1.89. The fourth-order valence-electron chi connectivity index (χ4n) is 2.13. The molecule has 22 heavy (non-hydrogen) atoms. The average Bonchev–Trinajstić information content (AvgIpc) is 3.22. The second-order valence-electron chi connectivity index (χ2n) is 4.51. The highest BCUT2D eigenvalue weighted by atomic mass is 32.1. The first kappa shape index (κ1) is 13.3. The number of aromatic nitrogens is 6. The maximum atomic E-state index is 5.40. The average molecular weight is 330 g/mol. The van der Waals surface area contributed by atoms with Crippen molar-refractivity contribution >= 4 is 27.8 Å². The Bertz CT molecular complexity index is 956. The molecule has 110 valence electrons. The number of benzene rings is 1. The molecular weight excluding hydrogens is 320 g/mol. The highest BCUT2D eigenvalue weighted by molar-refractivity contribution is 7.19. The predicted molar refractivity (Wildman–Crippen MR) is 84.3 cm³/mol. The number of para-hydroxylation sites is 1. The molecule has 0 radical (unpaired) electrons. The summed E-state index contributed by atoms with van der Waals surface area (Å²) in [7, 11) is 1.65. The van der Waals surface area contributed by atoms with Gasteiger partial charge in [0.05, 0.1) is 18.4 Å². The van der Waals surface area contributed by atoms with Crippen molar-refractivity contribution in [2.75, 3.05) is 7.11 Å². The lowest BCUT2D eigenvalue weighted by Gasteiger charge is -2.03. The number of nitrogens with zero attached hydrogens (tertiary/aromatic N) is 6. The van der Waals surface area contributed by atoms with Gasteiger partial charge in [0.2, 0.25) is 4.96 Å². The van der Waals surface area contributed by atoms with E-state index in [0.29, 0.717) is 5.82 Å². The van der Waals surface area contributed by atoms with E-state index in [1.165, 1.54) is 22.9 Å². The zero-order valence-electron chi connectivity index (χ0n) is 11.7. The second kappa shape index (κ2) is 5.11. The molecule has 0 aliphatic carbocycles. The van der Waals surface area contributed by atoms with E-state index in [-0.39, 0.29) is 0 Å². The van der Waals surface area contributed by atoms with Crippen molar-refractivity contribution in [1.29, 1.82) is 0 Å². The van der Waals surface area contributed by atoms with E-state index in [2.05, 4.69) is 24.9 Å². The van der Waals surface area contributed by atoms with Crippen molar-refractivity contribution in [3.63, 3.8) is 0 Å². The normalized spacial score (nSPS) is 11.2. The molecule has 0 atom stereocenters. The van der Waals surface area contributed by atoms with Crippen LogP contribution in [0.2, 0.25) is 0 Å². The molecule has 9 heteroatoms.